The van der Waals surface area contributed by atoms with Gasteiger partial charge in [0.15, 0.2) is 16.3 Å². The summed E-state index contributed by atoms with van der Waals surface area (Å²) in [5.41, 5.74) is 1.15. The molecule has 0 aliphatic carbocycles. The number of halogens is 1. The fraction of sp³-hybridized carbons (Fsp3) is 0.294. The van der Waals surface area contributed by atoms with Gasteiger partial charge >= 0.3 is 5.69 Å². The van der Waals surface area contributed by atoms with E-state index >= 15 is 0 Å². The number of hydrogen-bond acceptors (Lipinski definition) is 5. The molecule has 2 heterocycles. The van der Waals surface area contributed by atoms with Crippen LogP contribution in [0.2, 0.25) is 5.02 Å². The van der Waals surface area contributed by atoms with Gasteiger partial charge in [0, 0.05) is 31.9 Å². The molecule has 3 aromatic rings. The van der Waals surface area contributed by atoms with Crippen LogP contribution in [0.5, 0.6) is 0 Å². The predicted molar refractivity (Wildman–Crippen MR) is 107 cm³/mol. The van der Waals surface area contributed by atoms with Gasteiger partial charge in [-0.15, -0.1) is 0 Å². The molecule has 0 aliphatic rings. The molecule has 1 amide bonds. The van der Waals surface area contributed by atoms with E-state index in [1.165, 1.54) is 23.4 Å². The van der Waals surface area contributed by atoms with Crippen molar-refractivity contribution in [3.63, 3.8) is 0 Å². The summed E-state index contributed by atoms with van der Waals surface area (Å²) < 4.78 is 4.02. The Labute approximate surface area is 163 Å². The van der Waals surface area contributed by atoms with Crippen LogP contribution in [-0.4, -0.2) is 30.3 Å². The fourth-order valence-corrected chi connectivity index (χ4v) is 3.69. The average Bonchev–Trinajstić information content (AvgIpc) is 2.97. The number of nitrogens with one attached hydrogen (secondary N) is 1. The minimum atomic E-state index is -0.463. The standard InChI is InChI=1S/C17H18ClN5O3S/c1-9-10(18)6-5-7-11(9)19-12(24)8-27-16-20-13-14(21(16)2)22(3)17(26)23(4)15(13)25/h5-7H,8H2,1-4H3,(H,19,24). The lowest BCUT2D eigenvalue weighted by Crippen LogP contribution is -2.37. The van der Waals surface area contributed by atoms with Crippen molar-refractivity contribution in [3.8, 4) is 0 Å². The molecule has 0 radical (unpaired) electrons. The molecular weight excluding hydrogens is 390 g/mol. The molecule has 0 aliphatic heterocycles. The van der Waals surface area contributed by atoms with Gasteiger partial charge in [-0.25, -0.2) is 9.78 Å². The molecule has 3 rings (SSSR count). The van der Waals surface area contributed by atoms with Gasteiger partial charge in [-0.3, -0.25) is 18.7 Å². The Morgan fingerprint density at radius 3 is 2.59 bits per heavy atom. The lowest BCUT2D eigenvalue weighted by molar-refractivity contribution is -0.113. The average molecular weight is 408 g/mol. The minimum absolute atomic E-state index is 0.0946. The molecule has 0 spiro atoms. The van der Waals surface area contributed by atoms with Crippen LogP contribution >= 0.6 is 23.4 Å². The number of anilines is 1. The molecule has 0 saturated heterocycles. The smallest absolute Gasteiger partial charge is 0.325 e. The van der Waals surface area contributed by atoms with Gasteiger partial charge in [0.25, 0.3) is 5.56 Å². The summed E-state index contributed by atoms with van der Waals surface area (Å²) in [6.45, 7) is 1.83. The second-order valence-corrected chi connectivity index (χ2v) is 7.43. The second-order valence-electron chi connectivity index (χ2n) is 6.08. The van der Waals surface area contributed by atoms with E-state index in [1.807, 2.05) is 6.92 Å². The highest BCUT2D eigenvalue weighted by Crippen LogP contribution is 2.24. The van der Waals surface area contributed by atoms with E-state index in [0.29, 0.717) is 21.5 Å². The summed E-state index contributed by atoms with van der Waals surface area (Å²) >= 11 is 7.24. The van der Waals surface area contributed by atoms with E-state index in [1.54, 1.807) is 36.9 Å². The van der Waals surface area contributed by atoms with Gasteiger partial charge in [0.2, 0.25) is 5.91 Å². The predicted octanol–water partition coefficient (Wildman–Crippen LogP) is 1.66. The number of amides is 1. The zero-order chi connectivity index (χ0) is 19.9. The normalized spacial score (nSPS) is 11.1. The Balaban J connectivity index is 1.84. The number of rotatable bonds is 4. The molecule has 2 aromatic heterocycles. The van der Waals surface area contributed by atoms with Crippen molar-refractivity contribution in [2.75, 3.05) is 11.1 Å². The zero-order valence-electron chi connectivity index (χ0n) is 15.2. The third-order valence-electron chi connectivity index (χ3n) is 4.30. The summed E-state index contributed by atoms with van der Waals surface area (Å²) in [5, 5.41) is 3.86. The fourth-order valence-electron chi connectivity index (χ4n) is 2.75. The van der Waals surface area contributed by atoms with Gasteiger partial charge in [-0.1, -0.05) is 29.4 Å². The summed E-state index contributed by atoms with van der Waals surface area (Å²) in [5.74, 6) is -0.128. The van der Waals surface area contributed by atoms with E-state index in [0.717, 1.165) is 10.1 Å². The summed E-state index contributed by atoms with van der Waals surface area (Å²) in [6.07, 6.45) is 0. The number of aromatic nitrogens is 4. The second kappa shape index (κ2) is 7.24. The van der Waals surface area contributed by atoms with Crippen LogP contribution in [0.3, 0.4) is 0 Å². The van der Waals surface area contributed by atoms with Crippen LogP contribution in [0.4, 0.5) is 5.69 Å². The Morgan fingerprint density at radius 1 is 1.19 bits per heavy atom. The topological polar surface area (TPSA) is 90.9 Å². The van der Waals surface area contributed by atoms with Crippen molar-refractivity contribution >= 4 is 46.1 Å². The number of hydrogen-bond donors (Lipinski definition) is 1. The van der Waals surface area contributed by atoms with Crippen molar-refractivity contribution in [1.29, 1.82) is 0 Å². The summed E-state index contributed by atoms with van der Waals surface area (Å²) in [6, 6.07) is 5.30. The highest BCUT2D eigenvalue weighted by Gasteiger charge is 2.18. The van der Waals surface area contributed by atoms with Crippen molar-refractivity contribution in [1.82, 2.24) is 18.7 Å². The molecule has 10 heteroatoms. The monoisotopic (exact) mass is 407 g/mol. The van der Waals surface area contributed by atoms with E-state index in [4.69, 9.17) is 11.6 Å². The molecular formula is C17H18ClN5O3S. The molecule has 0 saturated carbocycles. The number of fused-ring (bicyclic) bond motifs is 1. The Morgan fingerprint density at radius 2 is 1.89 bits per heavy atom. The lowest BCUT2D eigenvalue weighted by Gasteiger charge is -2.09. The Bertz CT molecular complexity index is 1180. The number of benzene rings is 1. The molecule has 8 nitrogen and oxygen atoms in total. The van der Waals surface area contributed by atoms with E-state index in [9.17, 15) is 14.4 Å². The van der Waals surface area contributed by atoms with Gasteiger partial charge in [-0.2, -0.15) is 0 Å². The highest BCUT2D eigenvalue weighted by molar-refractivity contribution is 7.99. The quantitative estimate of drug-likeness (QED) is 0.664. The third kappa shape index (κ3) is 3.40. The van der Waals surface area contributed by atoms with Crippen LogP contribution in [0.25, 0.3) is 11.2 Å². The lowest BCUT2D eigenvalue weighted by atomic mass is 10.2. The van der Waals surface area contributed by atoms with Crippen LogP contribution in [0.1, 0.15) is 5.56 Å². The number of thioether (sulfide) groups is 1. The first-order chi connectivity index (χ1) is 12.7. The highest BCUT2D eigenvalue weighted by atomic mass is 35.5. The minimum Gasteiger partial charge on any atom is -0.325 e. The van der Waals surface area contributed by atoms with E-state index in [2.05, 4.69) is 10.3 Å². The van der Waals surface area contributed by atoms with Crippen LogP contribution < -0.4 is 16.6 Å². The molecule has 0 fully saturated rings. The molecule has 0 unspecified atom stereocenters. The molecule has 142 valence electrons. The first kappa shape index (κ1) is 19.2. The third-order valence-corrected chi connectivity index (χ3v) is 5.74. The van der Waals surface area contributed by atoms with Crippen molar-refractivity contribution in [2.24, 2.45) is 21.1 Å². The molecule has 27 heavy (non-hydrogen) atoms. The van der Waals surface area contributed by atoms with E-state index in [-0.39, 0.29) is 17.2 Å². The summed E-state index contributed by atoms with van der Waals surface area (Å²) in [4.78, 5) is 41.0. The van der Waals surface area contributed by atoms with E-state index < -0.39 is 11.2 Å². The summed E-state index contributed by atoms with van der Waals surface area (Å²) in [7, 11) is 4.69. The Kier molecular flexibility index (Phi) is 5.16. The maximum atomic E-state index is 12.3. The number of nitrogens with zero attached hydrogens (tertiary/aromatic N) is 4. The SMILES string of the molecule is Cc1c(Cl)cccc1NC(=O)CSc1nc2c(=O)n(C)c(=O)n(C)c2n1C. The van der Waals surface area contributed by atoms with Gasteiger partial charge in [0.1, 0.15) is 0 Å². The maximum Gasteiger partial charge on any atom is 0.332 e. The maximum absolute atomic E-state index is 12.3. The van der Waals surface area contributed by atoms with Gasteiger partial charge in [0.05, 0.1) is 5.75 Å². The first-order valence-electron chi connectivity index (χ1n) is 8.02. The molecule has 1 aromatic carbocycles. The number of carbonyl (C=O) groups is 1. The largest absolute Gasteiger partial charge is 0.332 e. The molecule has 1 N–H and O–H groups in total. The van der Waals surface area contributed by atoms with Crippen LogP contribution in [0, 0.1) is 6.92 Å². The van der Waals surface area contributed by atoms with Crippen molar-refractivity contribution in [3.05, 3.63) is 49.6 Å². The first-order valence-corrected chi connectivity index (χ1v) is 9.39. The number of carbonyl (C=O) groups excluding carboxylic acids is 1. The molecule has 0 bridgehead atoms. The van der Waals surface area contributed by atoms with Crippen molar-refractivity contribution < 1.29 is 4.79 Å². The van der Waals surface area contributed by atoms with Crippen LogP contribution in [0.15, 0.2) is 32.9 Å². The molecule has 0 atom stereocenters. The van der Waals surface area contributed by atoms with Gasteiger partial charge in [-0.05, 0) is 24.6 Å². The van der Waals surface area contributed by atoms with Crippen LogP contribution in [-0.2, 0) is 25.9 Å². The Hall–Kier alpha value is -2.52. The zero-order valence-corrected chi connectivity index (χ0v) is 16.8. The van der Waals surface area contributed by atoms with Gasteiger partial charge < -0.3 is 9.88 Å². The number of imidazole rings is 1. The van der Waals surface area contributed by atoms with Crippen molar-refractivity contribution in [2.45, 2.75) is 12.1 Å². The number of aryl methyl sites for hydroxylation is 2.